The highest BCUT2D eigenvalue weighted by Crippen LogP contribution is 2.13. The van der Waals surface area contributed by atoms with Crippen LogP contribution in [-0.4, -0.2) is 25.2 Å². The molecule has 0 bridgehead atoms. The SMILES string of the molecule is CCCNC(=O)NCCc1ccc(OC(C)C)cc1. The van der Waals surface area contributed by atoms with Crippen LogP contribution >= 0.6 is 0 Å². The lowest BCUT2D eigenvalue weighted by molar-refractivity contribution is 0.240. The van der Waals surface area contributed by atoms with Gasteiger partial charge < -0.3 is 15.4 Å². The van der Waals surface area contributed by atoms with Crippen LogP contribution in [0.15, 0.2) is 24.3 Å². The monoisotopic (exact) mass is 264 g/mol. The number of urea groups is 1. The number of ether oxygens (including phenoxy) is 1. The molecule has 1 aromatic carbocycles. The molecule has 0 unspecified atom stereocenters. The molecule has 0 aromatic heterocycles. The molecule has 19 heavy (non-hydrogen) atoms. The second-order valence-electron chi connectivity index (χ2n) is 4.74. The second-order valence-corrected chi connectivity index (χ2v) is 4.74. The number of hydrogen-bond acceptors (Lipinski definition) is 2. The highest BCUT2D eigenvalue weighted by Gasteiger charge is 2.00. The normalized spacial score (nSPS) is 10.3. The molecule has 0 spiro atoms. The lowest BCUT2D eigenvalue weighted by Crippen LogP contribution is -2.36. The summed E-state index contributed by atoms with van der Waals surface area (Å²) in [5.74, 6) is 0.882. The van der Waals surface area contributed by atoms with Crippen molar-refractivity contribution < 1.29 is 9.53 Å². The summed E-state index contributed by atoms with van der Waals surface area (Å²) >= 11 is 0. The molecule has 4 nitrogen and oxygen atoms in total. The van der Waals surface area contributed by atoms with Gasteiger partial charge in [-0.25, -0.2) is 4.79 Å². The van der Waals surface area contributed by atoms with Gasteiger partial charge in [-0.15, -0.1) is 0 Å². The Morgan fingerprint density at radius 3 is 2.37 bits per heavy atom. The molecule has 0 fully saturated rings. The van der Waals surface area contributed by atoms with Gasteiger partial charge in [-0.1, -0.05) is 19.1 Å². The van der Waals surface area contributed by atoms with E-state index in [1.807, 2.05) is 45.0 Å². The Balaban J connectivity index is 2.28. The first-order valence-electron chi connectivity index (χ1n) is 6.89. The van der Waals surface area contributed by atoms with Crippen LogP contribution in [0, 0.1) is 0 Å². The van der Waals surface area contributed by atoms with Gasteiger partial charge in [0.25, 0.3) is 0 Å². The van der Waals surface area contributed by atoms with Gasteiger partial charge in [0.2, 0.25) is 0 Å². The van der Waals surface area contributed by atoms with Gasteiger partial charge in [0, 0.05) is 13.1 Å². The first-order chi connectivity index (χ1) is 9.11. The van der Waals surface area contributed by atoms with Crippen molar-refractivity contribution in [3.63, 3.8) is 0 Å². The van der Waals surface area contributed by atoms with Gasteiger partial charge in [-0.3, -0.25) is 0 Å². The quantitative estimate of drug-likeness (QED) is 0.795. The average molecular weight is 264 g/mol. The van der Waals surface area contributed by atoms with Gasteiger partial charge in [-0.05, 0) is 44.4 Å². The molecule has 4 heteroatoms. The number of amides is 2. The summed E-state index contributed by atoms with van der Waals surface area (Å²) in [5.41, 5.74) is 1.19. The molecule has 0 aliphatic rings. The van der Waals surface area contributed by atoms with Crippen molar-refractivity contribution in [3.8, 4) is 5.75 Å². The summed E-state index contributed by atoms with van der Waals surface area (Å²) < 4.78 is 5.58. The average Bonchev–Trinajstić information content (AvgIpc) is 2.38. The molecule has 0 aliphatic carbocycles. The van der Waals surface area contributed by atoms with Crippen molar-refractivity contribution in [2.45, 2.75) is 39.7 Å². The van der Waals surface area contributed by atoms with E-state index in [9.17, 15) is 4.79 Å². The molecule has 0 atom stereocenters. The fourth-order valence-corrected chi connectivity index (χ4v) is 1.63. The minimum absolute atomic E-state index is 0.0957. The topological polar surface area (TPSA) is 50.4 Å². The van der Waals surface area contributed by atoms with Crippen molar-refractivity contribution in [1.82, 2.24) is 10.6 Å². The molecule has 106 valence electrons. The van der Waals surface area contributed by atoms with E-state index in [-0.39, 0.29) is 12.1 Å². The van der Waals surface area contributed by atoms with E-state index < -0.39 is 0 Å². The van der Waals surface area contributed by atoms with Crippen molar-refractivity contribution in [3.05, 3.63) is 29.8 Å². The first-order valence-corrected chi connectivity index (χ1v) is 6.89. The Morgan fingerprint density at radius 1 is 1.16 bits per heavy atom. The van der Waals surface area contributed by atoms with Crippen LogP contribution < -0.4 is 15.4 Å². The van der Waals surface area contributed by atoms with E-state index >= 15 is 0 Å². The molecule has 2 N–H and O–H groups in total. The molecule has 0 saturated carbocycles. The molecule has 2 amide bonds. The van der Waals surface area contributed by atoms with E-state index in [0.29, 0.717) is 13.1 Å². The molecule has 0 heterocycles. The minimum atomic E-state index is -0.0957. The number of carbonyl (C=O) groups excluding carboxylic acids is 1. The van der Waals surface area contributed by atoms with Crippen LogP contribution in [0.5, 0.6) is 5.75 Å². The zero-order chi connectivity index (χ0) is 14.1. The van der Waals surface area contributed by atoms with Crippen LogP contribution in [0.2, 0.25) is 0 Å². The van der Waals surface area contributed by atoms with Crippen molar-refractivity contribution in [1.29, 1.82) is 0 Å². The third-order valence-electron chi connectivity index (χ3n) is 2.53. The largest absolute Gasteiger partial charge is 0.491 e. The number of carbonyl (C=O) groups is 1. The Morgan fingerprint density at radius 2 is 1.79 bits per heavy atom. The Hall–Kier alpha value is -1.71. The molecular formula is C15H24N2O2. The smallest absolute Gasteiger partial charge is 0.314 e. The zero-order valence-corrected chi connectivity index (χ0v) is 12.0. The highest BCUT2D eigenvalue weighted by molar-refractivity contribution is 5.73. The predicted molar refractivity (Wildman–Crippen MR) is 77.6 cm³/mol. The highest BCUT2D eigenvalue weighted by atomic mass is 16.5. The van der Waals surface area contributed by atoms with E-state index in [2.05, 4.69) is 10.6 Å². The van der Waals surface area contributed by atoms with E-state index in [1.54, 1.807) is 0 Å². The van der Waals surface area contributed by atoms with Gasteiger partial charge in [0.1, 0.15) is 5.75 Å². The molecule has 0 saturated heterocycles. The third-order valence-corrected chi connectivity index (χ3v) is 2.53. The van der Waals surface area contributed by atoms with Crippen LogP contribution in [0.1, 0.15) is 32.8 Å². The second kappa shape index (κ2) is 8.40. The summed E-state index contributed by atoms with van der Waals surface area (Å²) in [6, 6.07) is 7.90. The van der Waals surface area contributed by atoms with Crippen LogP contribution in [0.4, 0.5) is 4.79 Å². The number of rotatable bonds is 7. The van der Waals surface area contributed by atoms with E-state index in [0.717, 1.165) is 18.6 Å². The summed E-state index contributed by atoms with van der Waals surface area (Å²) in [5, 5.41) is 5.61. The van der Waals surface area contributed by atoms with Crippen LogP contribution in [0.25, 0.3) is 0 Å². The van der Waals surface area contributed by atoms with Gasteiger partial charge in [0.15, 0.2) is 0 Å². The standard InChI is InChI=1S/C15H24N2O2/c1-4-10-16-15(18)17-11-9-13-5-7-14(8-6-13)19-12(2)3/h5-8,12H,4,9-11H2,1-3H3,(H2,16,17,18). The Kier molecular flexibility index (Phi) is 6.79. The predicted octanol–water partition coefficient (Wildman–Crippen LogP) is 2.73. The van der Waals surface area contributed by atoms with Crippen LogP contribution in [0.3, 0.4) is 0 Å². The maximum atomic E-state index is 11.3. The lowest BCUT2D eigenvalue weighted by Gasteiger charge is -2.10. The van der Waals surface area contributed by atoms with Crippen molar-refractivity contribution in [2.24, 2.45) is 0 Å². The molecule has 0 aliphatic heterocycles. The van der Waals surface area contributed by atoms with Gasteiger partial charge >= 0.3 is 6.03 Å². The number of hydrogen-bond donors (Lipinski definition) is 2. The maximum Gasteiger partial charge on any atom is 0.314 e. The fraction of sp³-hybridized carbons (Fsp3) is 0.533. The van der Waals surface area contributed by atoms with Crippen molar-refractivity contribution >= 4 is 6.03 Å². The summed E-state index contributed by atoms with van der Waals surface area (Å²) in [6.45, 7) is 7.40. The Labute approximate surface area is 115 Å². The number of nitrogens with one attached hydrogen (secondary N) is 2. The summed E-state index contributed by atoms with van der Waals surface area (Å²) in [6.07, 6.45) is 1.96. The van der Waals surface area contributed by atoms with E-state index in [1.165, 1.54) is 5.56 Å². The van der Waals surface area contributed by atoms with Gasteiger partial charge in [0.05, 0.1) is 6.10 Å². The molecule has 1 aromatic rings. The zero-order valence-electron chi connectivity index (χ0n) is 12.0. The van der Waals surface area contributed by atoms with Crippen molar-refractivity contribution in [2.75, 3.05) is 13.1 Å². The third kappa shape index (κ3) is 6.70. The minimum Gasteiger partial charge on any atom is -0.491 e. The van der Waals surface area contributed by atoms with Gasteiger partial charge in [-0.2, -0.15) is 0 Å². The van der Waals surface area contributed by atoms with E-state index in [4.69, 9.17) is 4.74 Å². The summed E-state index contributed by atoms with van der Waals surface area (Å²) in [4.78, 5) is 11.3. The first kappa shape index (κ1) is 15.3. The maximum absolute atomic E-state index is 11.3. The fourth-order valence-electron chi connectivity index (χ4n) is 1.63. The number of benzene rings is 1. The Bertz CT molecular complexity index is 374. The molecule has 0 radical (unpaired) electrons. The van der Waals surface area contributed by atoms with Crippen LogP contribution in [-0.2, 0) is 6.42 Å². The lowest BCUT2D eigenvalue weighted by atomic mass is 10.1. The summed E-state index contributed by atoms with van der Waals surface area (Å²) in [7, 11) is 0. The molecule has 1 rings (SSSR count). The molecular weight excluding hydrogens is 240 g/mol.